The lowest BCUT2D eigenvalue weighted by atomic mass is 10.2. The van der Waals surface area contributed by atoms with Crippen LogP contribution in [-0.2, 0) is 0 Å². The summed E-state index contributed by atoms with van der Waals surface area (Å²) in [6.45, 7) is 0. The molecule has 1 N–H and O–H groups in total. The van der Waals surface area contributed by atoms with Gasteiger partial charge >= 0.3 is 0 Å². The lowest BCUT2D eigenvalue weighted by Crippen LogP contribution is -1.94. The van der Waals surface area contributed by atoms with Gasteiger partial charge in [-0.05, 0) is 37.2 Å². The Bertz CT molecular complexity index is 290. The van der Waals surface area contributed by atoms with E-state index in [1.54, 1.807) is 6.07 Å². The summed E-state index contributed by atoms with van der Waals surface area (Å²) in [5.41, 5.74) is 0.706. The Kier molecular flexibility index (Phi) is 3.78. The van der Waals surface area contributed by atoms with Gasteiger partial charge in [0.1, 0.15) is 0 Å². The van der Waals surface area contributed by atoms with Crippen LogP contribution in [0.2, 0.25) is 0 Å². The van der Waals surface area contributed by atoms with Gasteiger partial charge in [-0.25, -0.2) is 0 Å². The van der Waals surface area contributed by atoms with Crippen molar-refractivity contribution in [2.24, 2.45) is 0 Å². The first kappa shape index (κ1) is 9.77. The first-order valence-electron chi connectivity index (χ1n) is 3.36. The van der Waals surface area contributed by atoms with Crippen molar-refractivity contribution in [2.75, 3.05) is 7.05 Å². The van der Waals surface area contributed by atoms with Crippen LogP contribution in [0.4, 0.5) is 0 Å². The second-order valence-electron chi connectivity index (χ2n) is 2.11. The van der Waals surface area contributed by atoms with E-state index in [0.29, 0.717) is 5.56 Å². The molecule has 64 valence electrons. The van der Waals surface area contributed by atoms with E-state index < -0.39 is 0 Å². The minimum atomic E-state index is 0.706. The first-order chi connectivity index (χ1) is 5.77. The highest BCUT2D eigenvalue weighted by Crippen LogP contribution is 2.22. The third kappa shape index (κ3) is 2.33. The maximum atomic E-state index is 10.6. The number of carbonyl (C=O) groups excluding carboxylic acids is 1. The van der Waals surface area contributed by atoms with Gasteiger partial charge < -0.3 is 0 Å². The van der Waals surface area contributed by atoms with Crippen LogP contribution in [0.3, 0.4) is 0 Å². The van der Waals surface area contributed by atoms with Crippen molar-refractivity contribution in [1.29, 1.82) is 0 Å². The molecule has 0 heterocycles. The Hall–Kier alpha value is -0.320. The highest BCUT2D eigenvalue weighted by Gasteiger charge is 2.01. The fourth-order valence-electron chi connectivity index (χ4n) is 0.804. The monoisotopic (exact) mass is 245 g/mol. The maximum Gasteiger partial charge on any atom is 0.151 e. The average Bonchev–Trinajstić information content (AvgIpc) is 2.05. The summed E-state index contributed by atoms with van der Waals surface area (Å²) in [4.78, 5) is 11.5. The molecule has 0 amide bonds. The Morgan fingerprint density at radius 3 is 2.92 bits per heavy atom. The van der Waals surface area contributed by atoms with E-state index in [0.717, 1.165) is 15.7 Å². The molecule has 2 nitrogen and oxygen atoms in total. The van der Waals surface area contributed by atoms with E-state index in [2.05, 4.69) is 20.7 Å². The van der Waals surface area contributed by atoms with Gasteiger partial charge in [-0.3, -0.25) is 9.52 Å². The molecule has 0 bridgehead atoms. The molecule has 0 unspecified atom stereocenters. The molecule has 0 spiro atoms. The van der Waals surface area contributed by atoms with Gasteiger partial charge in [0.05, 0.1) is 0 Å². The summed E-state index contributed by atoms with van der Waals surface area (Å²) in [6, 6.07) is 5.55. The minimum Gasteiger partial charge on any atom is -0.298 e. The van der Waals surface area contributed by atoms with Gasteiger partial charge in [0.15, 0.2) is 6.29 Å². The third-order valence-electron chi connectivity index (χ3n) is 1.31. The van der Waals surface area contributed by atoms with Crippen LogP contribution in [0, 0.1) is 0 Å². The van der Waals surface area contributed by atoms with Crippen molar-refractivity contribution in [1.82, 2.24) is 4.72 Å². The number of nitrogens with one attached hydrogen (secondary N) is 1. The van der Waals surface area contributed by atoms with Crippen LogP contribution in [0.25, 0.3) is 0 Å². The second kappa shape index (κ2) is 4.64. The lowest BCUT2D eigenvalue weighted by Gasteiger charge is -2.02. The second-order valence-corrected chi connectivity index (χ2v) is 4.07. The van der Waals surface area contributed by atoms with Crippen LogP contribution in [0.15, 0.2) is 27.6 Å². The number of carbonyl (C=O) groups is 1. The third-order valence-corrected chi connectivity index (χ3v) is 2.59. The average molecular weight is 246 g/mol. The number of hydrogen-bond donors (Lipinski definition) is 1. The zero-order valence-electron chi connectivity index (χ0n) is 6.50. The molecule has 0 aromatic heterocycles. The molecule has 0 radical (unpaired) electrons. The molecule has 1 rings (SSSR count). The zero-order chi connectivity index (χ0) is 8.97. The SMILES string of the molecule is CNSc1cc(Br)ccc1C=O. The smallest absolute Gasteiger partial charge is 0.151 e. The first-order valence-corrected chi connectivity index (χ1v) is 4.97. The van der Waals surface area contributed by atoms with Crippen molar-refractivity contribution in [3.63, 3.8) is 0 Å². The molecule has 4 heteroatoms. The summed E-state index contributed by atoms with van der Waals surface area (Å²) in [6.07, 6.45) is 0.853. The van der Waals surface area contributed by atoms with E-state index >= 15 is 0 Å². The fraction of sp³-hybridized carbons (Fsp3) is 0.125. The van der Waals surface area contributed by atoms with E-state index in [-0.39, 0.29) is 0 Å². The van der Waals surface area contributed by atoms with Gasteiger partial charge in [-0.15, -0.1) is 0 Å². The topological polar surface area (TPSA) is 29.1 Å². The Morgan fingerprint density at radius 1 is 1.58 bits per heavy atom. The highest BCUT2D eigenvalue weighted by molar-refractivity contribution is 9.10. The molecule has 12 heavy (non-hydrogen) atoms. The number of aldehydes is 1. The van der Waals surface area contributed by atoms with E-state index in [4.69, 9.17) is 0 Å². The van der Waals surface area contributed by atoms with E-state index in [1.165, 1.54) is 11.9 Å². The van der Waals surface area contributed by atoms with Crippen LogP contribution >= 0.6 is 27.9 Å². The van der Waals surface area contributed by atoms with Crippen molar-refractivity contribution in [2.45, 2.75) is 4.90 Å². The summed E-state index contributed by atoms with van der Waals surface area (Å²) in [5, 5.41) is 0. The standard InChI is InChI=1S/C8H8BrNOS/c1-10-12-8-4-7(9)3-2-6(8)5-11/h2-5,10H,1H3. The molecule has 0 aliphatic heterocycles. The van der Waals surface area contributed by atoms with Crippen molar-refractivity contribution in [3.05, 3.63) is 28.2 Å². The van der Waals surface area contributed by atoms with Crippen molar-refractivity contribution < 1.29 is 4.79 Å². The highest BCUT2D eigenvalue weighted by atomic mass is 79.9. The molecule has 0 saturated carbocycles. The molecule has 0 aliphatic carbocycles. The van der Waals surface area contributed by atoms with Crippen LogP contribution < -0.4 is 4.72 Å². The lowest BCUT2D eigenvalue weighted by molar-refractivity contribution is 0.112. The summed E-state index contributed by atoms with van der Waals surface area (Å²) >= 11 is 4.77. The van der Waals surface area contributed by atoms with E-state index in [1.807, 2.05) is 19.2 Å². The molecule has 0 saturated heterocycles. The predicted octanol–water partition coefficient (Wildman–Crippen LogP) is 2.49. The minimum absolute atomic E-state index is 0.706. The quantitative estimate of drug-likeness (QED) is 0.656. The van der Waals surface area contributed by atoms with Gasteiger partial charge in [-0.2, -0.15) is 0 Å². The summed E-state index contributed by atoms with van der Waals surface area (Å²) in [7, 11) is 1.82. The summed E-state index contributed by atoms with van der Waals surface area (Å²) in [5.74, 6) is 0. The predicted molar refractivity (Wildman–Crippen MR) is 54.4 cm³/mol. The molecule has 0 atom stereocenters. The normalized spacial score (nSPS) is 9.83. The fourth-order valence-corrected chi connectivity index (χ4v) is 1.96. The largest absolute Gasteiger partial charge is 0.298 e. The summed E-state index contributed by atoms with van der Waals surface area (Å²) < 4.78 is 3.90. The molecule has 1 aromatic rings. The zero-order valence-corrected chi connectivity index (χ0v) is 8.91. The number of benzene rings is 1. The maximum absolute atomic E-state index is 10.6. The van der Waals surface area contributed by atoms with Gasteiger partial charge in [0.25, 0.3) is 0 Å². The van der Waals surface area contributed by atoms with Crippen molar-refractivity contribution in [3.8, 4) is 0 Å². The Morgan fingerprint density at radius 2 is 2.33 bits per heavy atom. The molecule has 0 aliphatic rings. The van der Waals surface area contributed by atoms with Crippen molar-refractivity contribution >= 4 is 34.2 Å². The number of rotatable bonds is 3. The van der Waals surface area contributed by atoms with Gasteiger partial charge in [-0.1, -0.05) is 15.9 Å². The van der Waals surface area contributed by atoms with Crippen LogP contribution in [0.1, 0.15) is 10.4 Å². The number of hydrogen-bond acceptors (Lipinski definition) is 3. The molecular weight excluding hydrogens is 238 g/mol. The Balaban J connectivity index is 3.03. The van der Waals surface area contributed by atoms with Crippen LogP contribution in [0.5, 0.6) is 0 Å². The van der Waals surface area contributed by atoms with E-state index in [9.17, 15) is 4.79 Å². The van der Waals surface area contributed by atoms with Gasteiger partial charge in [0.2, 0.25) is 0 Å². The number of halogens is 1. The molecular formula is C8H8BrNOS. The van der Waals surface area contributed by atoms with Gasteiger partial charge in [0, 0.05) is 14.9 Å². The molecule has 1 aromatic carbocycles. The Labute approximate surface area is 84.0 Å². The van der Waals surface area contributed by atoms with Crippen LogP contribution in [-0.4, -0.2) is 13.3 Å². The molecule has 0 fully saturated rings.